The summed E-state index contributed by atoms with van der Waals surface area (Å²) in [5, 5.41) is 3.61. The summed E-state index contributed by atoms with van der Waals surface area (Å²) < 4.78 is 5.31. The quantitative estimate of drug-likeness (QED) is 0.834. The molecule has 4 nitrogen and oxygen atoms in total. The Labute approximate surface area is 112 Å². The van der Waals surface area contributed by atoms with Crippen molar-refractivity contribution in [1.29, 1.82) is 0 Å². The number of methoxy groups -OCH3 is 1. The van der Waals surface area contributed by atoms with Crippen LogP contribution in [0, 0.1) is 0 Å². The van der Waals surface area contributed by atoms with Crippen LogP contribution >= 0.6 is 11.6 Å². The fourth-order valence-corrected chi connectivity index (χ4v) is 1.75. The first-order valence-electron chi connectivity index (χ1n) is 5.71. The maximum absolute atomic E-state index is 11.5. The molecule has 0 fully saturated rings. The maximum Gasteiger partial charge on any atom is 0.240 e. The topological polar surface area (TPSA) is 64.3 Å². The molecule has 0 saturated carbocycles. The van der Waals surface area contributed by atoms with Gasteiger partial charge in [-0.3, -0.25) is 4.79 Å². The van der Waals surface area contributed by atoms with Crippen molar-refractivity contribution in [1.82, 2.24) is 0 Å². The Morgan fingerprint density at radius 2 is 2.11 bits per heavy atom. The lowest BCUT2D eigenvalue weighted by molar-refractivity contribution is -0.120. The van der Waals surface area contributed by atoms with E-state index in [9.17, 15) is 4.79 Å². The molecule has 5 heteroatoms. The van der Waals surface area contributed by atoms with E-state index in [-0.39, 0.29) is 0 Å². The normalized spacial score (nSPS) is 13.1. The zero-order valence-corrected chi connectivity index (χ0v) is 11.6. The molecule has 1 aromatic rings. The van der Waals surface area contributed by atoms with Gasteiger partial charge >= 0.3 is 0 Å². The SMILES string of the molecule is COC(C)(C)CC(Nc1ccccc1Cl)C(N)=O. The van der Waals surface area contributed by atoms with E-state index < -0.39 is 17.6 Å². The van der Waals surface area contributed by atoms with Crippen molar-refractivity contribution in [3.05, 3.63) is 29.3 Å². The molecule has 1 atom stereocenters. The number of amides is 1. The van der Waals surface area contributed by atoms with E-state index in [0.29, 0.717) is 17.1 Å². The van der Waals surface area contributed by atoms with Gasteiger partial charge in [0.1, 0.15) is 6.04 Å². The lowest BCUT2D eigenvalue weighted by Gasteiger charge is -2.28. The monoisotopic (exact) mass is 270 g/mol. The van der Waals surface area contributed by atoms with Crippen LogP contribution in [0.4, 0.5) is 5.69 Å². The molecular formula is C13H19ClN2O2. The molecule has 0 radical (unpaired) electrons. The third-order valence-corrected chi connectivity index (χ3v) is 3.12. The summed E-state index contributed by atoms with van der Waals surface area (Å²) in [7, 11) is 1.60. The second kappa shape index (κ2) is 6.07. The molecule has 0 aliphatic rings. The predicted octanol–water partition coefficient (Wildman–Crippen LogP) is 2.42. The average molecular weight is 271 g/mol. The van der Waals surface area contributed by atoms with Gasteiger partial charge in [0.05, 0.1) is 16.3 Å². The van der Waals surface area contributed by atoms with Crippen molar-refractivity contribution in [2.45, 2.75) is 31.9 Å². The molecule has 18 heavy (non-hydrogen) atoms. The van der Waals surface area contributed by atoms with Crippen LogP contribution in [0.2, 0.25) is 5.02 Å². The lowest BCUT2D eigenvalue weighted by atomic mass is 9.98. The Morgan fingerprint density at radius 1 is 1.50 bits per heavy atom. The van der Waals surface area contributed by atoms with E-state index in [0.717, 1.165) is 0 Å². The number of halogens is 1. The maximum atomic E-state index is 11.5. The minimum Gasteiger partial charge on any atom is -0.379 e. The number of hydrogen-bond acceptors (Lipinski definition) is 3. The summed E-state index contributed by atoms with van der Waals surface area (Å²) in [6.07, 6.45) is 0.462. The molecular weight excluding hydrogens is 252 g/mol. The van der Waals surface area contributed by atoms with Crippen molar-refractivity contribution < 1.29 is 9.53 Å². The average Bonchev–Trinajstić information content (AvgIpc) is 2.30. The lowest BCUT2D eigenvalue weighted by Crippen LogP contribution is -2.41. The largest absolute Gasteiger partial charge is 0.379 e. The van der Waals surface area contributed by atoms with Crippen molar-refractivity contribution in [2.24, 2.45) is 5.73 Å². The van der Waals surface area contributed by atoms with E-state index in [1.54, 1.807) is 19.2 Å². The Balaban J connectivity index is 2.82. The number of benzene rings is 1. The fourth-order valence-electron chi connectivity index (χ4n) is 1.56. The number of carbonyl (C=O) groups excluding carboxylic acids is 1. The molecule has 0 spiro atoms. The standard InChI is InChI=1S/C13H19ClN2O2/c1-13(2,18-3)8-11(12(15)17)16-10-7-5-4-6-9(10)14/h4-7,11,16H,8H2,1-3H3,(H2,15,17). The minimum atomic E-state index is -0.528. The van der Waals surface area contributed by atoms with E-state index >= 15 is 0 Å². The van der Waals surface area contributed by atoms with Crippen LogP contribution in [0.1, 0.15) is 20.3 Å². The zero-order chi connectivity index (χ0) is 13.8. The van der Waals surface area contributed by atoms with Gasteiger partial charge in [0.15, 0.2) is 0 Å². The van der Waals surface area contributed by atoms with Crippen LogP contribution in [0.3, 0.4) is 0 Å². The molecule has 1 rings (SSSR count). The highest BCUT2D eigenvalue weighted by molar-refractivity contribution is 6.33. The van der Waals surface area contributed by atoms with Gasteiger partial charge in [-0.25, -0.2) is 0 Å². The predicted molar refractivity (Wildman–Crippen MR) is 73.8 cm³/mol. The molecule has 1 unspecified atom stereocenters. The third-order valence-electron chi connectivity index (χ3n) is 2.80. The second-order valence-electron chi connectivity index (χ2n) is 4.75. The van der Waals surface area contributed by atoms with Gasteiger partial charge in [0.2, 0.25) is 5.91 Å². The van der Waals surface area contributed by atoms with Crippen LogP contribution in [0.25, 0.3) is 0 Å². The molecule has 0 heterocycles. The van der Waals surface area contributed by atoms with Crippen molar-refractivity contribution in [2.75, 3.05) is 12.4 Å². The summed E-state index contributed by atoms with van der Waals surface area (Å²) in [5.74, 6) is -0.431. The summed E-state index contributed by atoms with van der Waals surface area (Å²) in [5.41, 5.74) is 5.65. The van der Waals surface area contributed by atoms with E-state index in [1.165, 1.54) is 0 Å². The molecule has 100 valence electrons. The zero-order valence-electron chi connectivity index (χ0n) is 10.9. The van der Waals surface area contributed by atoms with Gasteiger partial charge in [-0.05, 0) is 26.0 Å². The van der Waals surface area contributed by atoms with Gasteiger partial charge in [-0.2, -0.15) is 0 Å². The molecule has 0 bridgehead atoms. The number of hydrogen-bond donors (Lipinski definition) is 2. The molecule has 3 N–H and O–H groups in total. The number of carbonyl (C=O) groups is 1. The highest BCUT2D eigenvalue weighted by atomic mass is 35.5. The van der Waals surface area contributed by atoms with E-state index in [1.807, 2.05) is 26.0 Å². The summed E-state index contributed by atoms with van der Waals surface area (Å²) >= 11 is 6.03. The Hall–Kier alpha value is -1.26. The number of ether oxygens (including phenoxy) is 1. The first-order valence-corrected chi connectivity index (χ1v) is 6.09. The molecule has 0 saturated heterocycles. The molecule has 1 aromatic carbocycles. The number of para-hydroxylation sites is 1. The molecule has 0 aliphatic carbocycles. The van der Waals surface area contributed by atoms with Gasteiger partial charge < -0.3 is 15.8 Å². The van der Waals surface area contributed by atoms with E-state index in [2.05, 4.69) is 5.32 Å². The van der Waals surface area contributed by atoms with Crippen molar-refractivity contribution in [3.63, 3.8) is 0 Å². The van der Waals surface area contributed by atoms with Gasteiger partial charge in [-0.15, -0.1) is 0 Å². The van der Waals surface area contributed by atoms with Gasteiger partial charge in [0, 0.05) is 13.5 Å². The van der Waals surface area contributed by atoms with Crippen LogP contribution < -0.4 is 11.1 Å². The highest BCUT2D eigenvalue weighted by Gasteiger charge is 2.26. The van der Waals surface area contributed by atoms with Crippen molar-refractivity contribution >= 4 is 23.2 Å². The number of rotatable bonds is 6. The van der Waals surface area contributed by atoms with Crippen LogP contribution in [-0.4, -0.2) is 24.7 Å². The smallest absolute Gasteiger partial charge is 0.240 e. The van der Waals surface area contributed by atoms with Crippen molar-refractivity contribution in [3.8, 4) is 0 Å². The molecule has 0 aliphatic heterocycles. The Morgan fingerprint density at radius 3 is 2.61 bits per heavy atom. The fraction of sp³-hybridized carbons (Fsp3) is 0.462. The third kappa shape index (κ3) is 4.20. The number of nitrogens with one attached hydrogen (secondary N) is 1. The number of primary amides is 1. The number of nitrogens with two attached hydrogens (primary N) is 1. The summed E-state index contributed by atoms with van der Waals surface area (Å²) in [6, 6.07) is 6.70. The van der Waals surface area contributed by atoms with Gasteiger partial charge in [0.25, 0.3) is 0 Å². The summed E-state index contributed by atoms with van der Waals surface area (Å²) in [4.78, 5) is 11.5. The van der Waals surface area contributed by atoms with Crippen LogP contribution in [0.15, 0.2) is 24.3 Å². The Kier molecular flexibility index (Phi) is 4.99. The van der Waals surface area contributed by atoms with Crippen LogP contribution in [0.5, 0.6) is 0 Å². The van der Waals surface area contributed by atoms with Crippen LogP contribution in [-0.2, 0) is 9.53 Å². The first-order chi connectivity index (χ1) is 8.35. The van der Waals surface area contributed by atoms with Gasteiger partial charge in [-0.1, -0.05) is 23.7 Å². The molecule has 0 aromatic heterocycles. The Bertz CT molecular complexity index is 421. The summed E-state index contributed by atoms with van der Waals surface area (Å²) in [6.45, 7) is 3.80. The highest BCUT2D eigenvalue weighted by Crippen LogP contribution is 2.24. The van der Waals surface area contributed by atoms with E-state index in [4.69, 9.17) is 22.1 Å². The minimum absolute atomic E-state index is 0.431. The molecule has 1 amide bonds. The number of anilines is 1. The second-order valence-corrected chi connectivity index (χ2v) is 5.15. The first kappa shape index (κ1) is 14.8.